The fourth-order valence-electron chi connectivity index (χ4n) is 1.50. The van der Waals surface area contributed by atoms with Crippen LogP contribution >= 0.6 is 0 Å². The zero-order valence-corrected chi connectivity index (χ0v) is 10.7. The SMILES string of the molecule is CCOC(=O)CCCCCOc1ccc(F)cc1. The topological polar surface area (TPSA) is 35.5 Å². The molecule has 0 bridgehead atoms. The molecular weight excluding hydrogens is 235 g/mol. The van der Waals surface area contributed by atoms with Crippen LogP contribution in [0.25, 0.3) is 0 Å². The summed E-state index contributed by atoms with van der Waals surface area (Å²) in [5.74, 6) is 0.260. The monoisotopic (exact) mass is 254 g/mol. The van der Waals surface area contributed by atoms with Crippen molar-refractivity contribution in [3.63, 3.8) is 0 Å². The predicted octanol–water partition coefficient (Wildman–Crippen LogP) is 3.33. The molecule has 0 radical (unpaired) electrons. The third kappa shape index (κ3) is 6.23. The number of ether oxygens (including phenoxy) is 2. The Morgan fingerprint density at radius 1 is 1.17 bits per heavy atom. The Morgan fingerprint density at radius 2 is 1.89 bits per heavy atom. The van der Waals surface area contributed by atoms with E-state index in [-0.39, 0.29) is 11.8 Å². The highest BCUT2D eigenvalue weighted by atomic mass is 19.1. The van der Waals surface area contributed by atoms with E-state index in [1.54, 1.807) is 19.1 Å². The Morgan fingerprint density at radius 3 is 2.56 bits per heavy atom. The normalized spacial score (nSPS) is 10.1. The lowest BCUT2D eigenvalue weighted by atomic mass is 10.2. The molecule has 0 N–H and O–H groups in total. The molecule has 0 aliphatic heterocycles. The fraction of sp³-hybridized carbons (Fsp3) is 0.500. The van der Waals surface area contributed by atoms with E-state index < -0.39 is 0 Å². The summed E-state index contributed by atoms with van der Waals surface area (Å²) in [6.07, 6.45) is 3.06. The maximum atomic E-state index is 12.6. The van der Waals surface area contributed by atoms with Gasteiger partial charge in [-0.25, -0.2) is 4.39 Å². The van der Waals surface area contributed by atoms with Gasteiger partial charge < -0.3 is 9.47 Å². The summed E-state index contributed by atoms with van der Waals surface area (Å²) in [5, 5.41) is 0. The second-order valence-electron chi connectivity index (χ2n) is 3.92. The molecule has 1 aromatic rings. The third-order valence-electron chi connectivity index (χ3n) is 2.41. The summed E-state index contributed by atoms with van der Waals surface area (Å²) in [6, 6.07) is 5.95. The largest absolute Gasteiger partial charge is 0.494 e. The summed E-state index contributed by atoms with van der Waals surface area (Å²) in [7, 11) is 0. The number of halogens is 1. The third-order valence-corrected chi connectivity index (χ3v) is 2.41. The van der Waals surface area contributed by atoms with E-state index >= 15 is 0 Å². The van der Waals surface area contributed by atoms with Gasteiger partial charge in [0.15, 0.2) is 0 Å². The van der Waals surface area contributed by atoms with Crippen LogP contribution in [0, 0.1) is 5.82 Å². The standard InChI is InChI=1S/C14H19FO3/c1-2-17-14(16)6-4-3-5-11-18-13-9-7-12(15)8-10-13/h7-10H,2-6,11H2,1H3. The molecule has 3 nitrogen and oxygen atoms in total. The lowest BCUT2D eigenvalue weighted by Crippen LogP contribution is -2.04. The second kappa shape index (κ2) is 8.50. The van der Waals surface area contributed by atoms with Crippen LogP contribution < -0.4 is 4.74 Å². The maximum absolute atomic E-state index is 12.6. The Bertz CT molecular complexity index is 349. The molecule has 0 aromatic heterocycles. The van der Waals surface area contributed by atoms with Crippen LogP contribution in [-0.4, -0.2) is 19.2 Å². The number of rotatable bonds is 8. The Balaban J connectivity index is 2.02. The van der Waals surface area contributed by atoms with Crippen molar-refractivity contribution >= 4 is 5.97 Å². The van der Waals surface area contributed by atoms with E-state index in [0.717, 1.165) is 19.3 Å². The minimum atomic E-state index is -0.267. The van der Waals surface area contributed by atoms with Gasteiger partial charge in [0.25, 0.3) is 0 Å². The van der Waals surface area contributed by atoms with Gasteiger partial charge in [-0.05, 0) is 50.5 Å². The Hall–Kier alpha value is -1.58. The van der Waals surface area contributed by atoms with Crippen LogP contribution in [0.1, 0.15) is 32.6 Å². The highest BCUT2D eigenvalue weighted by Crippen LogP contribution is 2.12. The molecule has 0 unspecified atom stereocenters. The van der Waals surface area contributed by atoms with Crippen LogP contribution in [-0.2, 0) is 9.53 Å². The van der Waals surface area contributed by atoms with E-state index in [2.05, 4.69) is 0 Å². The molecule has 0 amide bonds. The van der Waals surface area contributed by atoms with Crippen LogP contribution in [0.5, 0.6) is 5.75 Å². The summed E-state index contributed by atoms with van der Waals surface area (Å²) < 4.78 is 22.9. The number of hydrogen-bond donors (Lipinski definition) is 0. The number of esters is 1. The molecule has 100 valence electrons. The van der Waals surface area contributed by atoms with Crippen LogP contribution in [0.4, 0.5) is 4.39 Å². The lowest BCUT2D eigenvalue weighted by molar-refractivity contribution is -0.143. The molecular formula is C14H19FO3. The first-order valence-corrected chi connectivity index (χ1v) is 6.26. The minimum absolute atomic E-state index is 0.142. The van der Waals surface area contributed by atoms with Gasteiger partial charge >= 0.3 is 5.97 Å². The fourth-order valence-corrected chi connectivity index (χ4v) is 1.50. The summed E-state index contributed by atoms with van der Waals surface area (Å²) in [6.45, 7) is 2.81. The van der Waals surface area contributed by atoms with Crippen molar-refractivity contribution < 1.29 is 18.7 Å². The van der Waals surface area contributed by atoms with Crippen molar-refractivity contribution in [1.29, 1.82) is 0 Å². The van der Waals surface area contributed by atoms with E-state index in [4.69, 9.17) is 9.47 Å². The number of carbonyl (C=O) groups excluding carboxylic acids is 1. The smallest absolute Gasteiger partial charge is 0.305 e. The van der Waals surface area contributed by atoms with Gasteiger partial charge in [0.1, 0.15) is 11.6 Å². The first-order chi connectivity index (χ1) is 8.72. The van der Waals surface area contributed by atoms with Gasteiger partial charge in [-0.2, -0.15) is 0 Å². The van der Waals surface area contributed by atoms with Gasteiger partial charge in [0.2, 0.25) is 0 Å². The van der Waals surface area contributed by atoms with Crippen molar-refractivity contribution in [2.24, 2.45) is 0 Å². The van der Waals surface area contributed by atoms with Gasteiger partial charge in [-0.1, -0.05) is 0 Å². The van der Waals surface area contributed by atoms with Gasteiger partial charge in [-0.3, -0.25) is 4.79 Å². The van der Waals surface area contributed by atoms with E-state index in [1.807, 2.05) is 0 Å². The quantitative estimate of drug-likeness (QED) is 0.527. The van der Waals surface area contributed by atoms with Gasteiger partial charge in [0, 0.05) is 6.42 Å². The number of unbranched alkanes of at least 4 members (excludes halogenated alkanes) is 2. The molecule has 0 fully saturated rings. The molecule has 0 atom stereocenters. The highest BCUT2D eigenvalue weighted by molar-refractivity contribution is 5.69. The van der Waals surface area contributed by atoms with Crippen molar-refractivity contribution in [2.75, 3.05) is 13.2 Å². The number of carbonyl (C=O) groups is 1. The van der Waals surface area contributed by atoms with Crippen LogP contribution in [0.2, 0.25) is 0 Å². The number of hydrogen-bond acceptors (Lipinski definition) is 3. The first kappa shape index (κ1) is 14.5. The summed E-state index contributed by atoms with van der Waals surface area (Å²) >= 11 is 0. The van der Waals surface area contributed by atoms with Crippen molar-refractivity contribution in [3.05, 3.63) is 30.1 Å². The Kier molecular flexibility index (Phi) is 6.84. The molecule has 1 aromatic carbocycles. The molecule has 0 saturated heterocycles. The molecule has 0 heterocycles. The van der Waals surface area contributed by atoms with Crippen LogP contribution in [0.15, 0.2) is 24.3 Å². The molecule has 0 aliphatic rings. The van der Waals surface area contributed by atoms with Crippen molar-refractivity contribution in [2.45, 2.75) is 32.6 Å². The van der Waals surface area contributed by atoms with E-state index in [9.17, 15) is 9.18 Å². The van der Waals surface area contributed by atoms with Gasteiger partial charge in [0.05, 0.1) is 13.2 Å². The Labute approximate surface area is 107 Å². The molecule has 0 spiro atoms. The average molecular weight is 254 g/mol. The van der Waals surface area contributed by atoms with E-state index in [0.29, 0.717) is 25.4 Å². The maximum Gasteiger partial charge on any atom is 0.305 e. The lowest BCUT2D eigenvalue weighted by Gasteiger charge is -2.05. The van der Waals surface area contributed by atoms with Crippen LogP contribution in [0.3, 0.4) is 0 Å². The minimum Gasteiger partial charge on any atom is -0.494 e. The molecule has 4 heteroatoms. The van der Waals surface area contributed by atoms with Crippen molar-refractivity contribution in [3.8, 4) is 5.75 Å². The first-order valence-electron chi connectivity index (χ1n) is 6.26. The zero-order valence-electron chi connectivity index (χ0n) is 10.7. The van der Waals surface area contributed by atoms with Crippen molar-refractivity contribution in [1.82, 2.24) is 0 Å². The molecule has 18 heavy (non-hydrogen) atoms. The number of benzene rings is 1. The highest BCUT2D eigenvalue weighted by Gasteiger charge is 2.00. The summed E-state index contributed by atoms with van der Waals surface area (Å²) in [4.78, 5) is 11.0. The molecule has 0 saturated carbocycles. The molecule has 0 aliphatic carbocycles. The molecule has 1 rings (SSSR count). The summed E-state index contributed by atoms with van der Waals surface area (Å²) in [5.41, 5.74) is 0. The predicted molar refractivity (Wildman–Crippen MR) is 67.0 cm³/mol. The van der Waals surface area contributed by atoms with E-state index in [1.165, 1.54) is 12.1 Å². The second-order valence-corrected chi connectivity index (χ2v) is 3.92. The average Bonchev–Trinajstić information content (AvgIpc) is 2.36. The van der Waals surface area contributed by atoms with Gasteiger partial charge in [-0.15, -0.1) is 0 Å². The zero-order chi connectivity index (χ0) is 13.2.